The van der Waals surface area contributed by atoms with Crippen LogP contribution in [0.4, 0.5) is 5.82 Å². The van der Waals surface area contributed by atoms with E-state index in [0.717, 1.165) is 5.56 Å². The first-order chi connectivity index (χ1) is 19.6. The highest BCUT2D eigenvalue weighted by molar-refractivity contribution is 5.94. The maximum atomic E-state index is 14.0. The van der Waals surface area contributed by atoms with Gasteiger partial charge in [0.2, 0.25) is 17.7 Å². The second-order valence-corrected chi connectivity index (χ2v) is 10.4. The Hall–Kier alpha value is -4.34. The third-order valence-electron chi connectivity index (χ3n) is 6.90. The number of nitrogens with zero attached hydrogens (tertiary/aromatic N) is 2. The minimum atomic E-state index is -1.04. The lowest BCUT2D eigenvalue weighted by Gasteiger charge is -2.35. The predicted octanol–water partition coefficient (Wildman–Crippen LogP) is 4.84. The van der Waals surface area contributed by atoms with Crippen LogP contribution in [0.15, 0.2) is 59.1 Å². The number of aromatic nitrogens is 1. The number of rotatable bonds is 14. The first-order valence-corrected chi connectivity index (χ1v) is 13.7. The van der Waals surface area contributed by atoms with Gasteiger partial charge in [0, 0.05) is 36.6 Å². The Labute approximate surface area is 241 Å². The van der Waals surface area contributed by atoms with Crippen molar-refractivity contribution < 1.29 is 28.4 Å². The number of benzene rings is 2. The van der Waals surface area contributed by atoms with Crippen LogP contribution in [-0.4, -0.2) is 54.1 Å². The first-order valence-electron chi connectivity index (χ1n) is 13.7. The molecule has 3 amide bonds. The van der Waals surface area contributed by atoms with E-state index in [1.54, 1.807) is 31.2 Å². The molecule has 41 heavy (non-hydrogen) atoms. The summed E-state index contributed by atoms with van der Waals surface area (Å²) in [5.74, 6) is 0.540. The summed E-state index contributed by atoms with van der Waals surface area (Å²) in [6.45, 7) is 7.79. The van der Waals surface area contributed by atoms with Crippen molar-refractivity contribution in [2.75, 3.05) is 26.1 Å². The number of hydrogen-bond acceptors (Lipinski definition) is 7. The van der Waals surface area contributed by atoms with Gasteiger partial charge in [-0.05, 0) is 45.2 Å². The Balaban J connectivity index is 1.98. The van der Waals surface area contributed by atoms with Gasteiger partial charge < -0.3 is 29.5 Å². The summed E-state index contributed by atoms with van der Waals surface area (Å²) in [5.41, 5.74) is 0.973. The van der Waals surface area contributed by atoms with E-state index in [4.69, 9.17) is 14.0 Å². The van der Waals surface area contributed by atoms with Crippen LogP contribution in [0.3, 0.4) is 0 Å². The first kappa shape index (κ1) is 31.2. The van der Waals surface area contributed by atoms with Gasteiger partial charge in [0.25, 0.3) is 0 Å². The number of methoxy groups -OCH3 is 2. The molecule has 1 heterocycles. The maximum Gasteiger partial charge on any atom is 0.248 e. The van der Waals surface area contributed by atoms with Crippen LogP contribution in [0.5, 0.6) is 11.5 Å². The molecule has 220 valence electrons. The van der Waals surface area contributed by atoms with E-state index in [-0.39, 0.29) is 42.9 Å². The smallest absolute Gasteiger partial charge is 0.248 e. The molecular weight excluding hydrogens is 524 g/mol. The van der Waals surface area contributed by atoms with E-state index in [9.17, 15) is 14.4 Å². The van der Waals surface area contributed by atoms with Gasteiger partial charge in [-0.3, -0.25) is 14.4 Å². The summed E-state index contributed by atoms with van der Waals surface area (Å²) < 4.78 is 16.2. The average molecular weight is 565 g/mol. The molecule has 10 nitrogen and oxygen atoms in total. The summed E-state index contributed by atoms with van der Waals surface area (Å²) in [4.78, 5) is 42.1. The molecule has 0 aliphatic rings. The lowest BCUT2D eigenvalue weighted by molar-refractivity contribution is -0.142. The Morgan fingerprint density at radius 1 is 1.02 bits per heavy atom. The molecule has 2 aromatic carbocycles. The maximum absolute atomic E-state index is 14.0. The molecule has 10 heteroatoms. The van der Waals surface area contributed by atoms with Crippen LogP contribution in [0.2, 0.25) is 0 Å². The number of para-hydroxylation sites is 1. The lowest BCUT2D eigenvalue weighted by atomic mass is 9.97. The average Bonchev–Trinajstić information content (AvgIpc) is 3.37. The largest absolute Gasteiger partial charge is 0.493 e. The molecule has 3 aromatic rings. The fourth-order valence-corrected chi connectivity index (χ4v) is 4.35. The summed E-state index contributed by atoms with van der Waals surface area (Å²) in [5, 5.41) is 9.51. The SMILES string of the molecule is CCC(C)(C)NC(=O)C(c1cccc(OC)c1OC)N(CCc1ccccc1)C(=O)CCC(=O)Nc1cc(C)on1. The predicted molar refractivity (Wildman–Crippen MR) is 156 cm³/mol. The van der Waals surface area contributed by atoms with E-state index < -0.39 is 11.6 Å². The molecule has 0 aliphatic heterocycles. The molecule has 0 saturated heterocycles. The van der Waals surface area contributed by atoms with Crippen molar-refractivity contribution in [2.45, 2.75) is 65.0 Å². The molecule has 0 radical (unpaired) electrons. The Morgan fingerprint density at radius 2 is 1.76 bits per heavy atom. The highest BCUT2D eigenvalue weighted by atomic mass is 16.5. The minimum absolute atomic E-state index is 0.101. The highest BCUT2D eigenvalue weighted by Gasteiger charge is 2.36. The monoisotopic (exact) mass is 564 g/mol. The van der Waals surface area contributed by atoms with Gasteiger partial charge in [-0.2, -0.15) is 0 Å². The molecule has 1 aromatic heterocycles. The van der Waals surface area contributed by atoms with Crippen molar-refractivity contribution in [1.82, 2.24) is 15.4 Å². The molecule has 2 N–H and O–H groups in total. The number of hydrogen-bond donors (Lipinski definition) is 2. The van der Waals surface area contributed by atoms with Crippen LogP contribution < -0.4 is 20.1 Å². The third kappa shape index (κ3) is 8.57. The Bertz CT molecular complexity index is 1320. The van der Waals surface area contributed by atoms with E-state index in [1.807, 2.05) is 51.1 Å². The number of aryl methyl sites for hydroxylation is 1. The normalized spacial score (nSPS) is 11.9. The minimum Gasteiger partial charge on any atom is -0.493 e. The number of ether oxygens (including phenoxy) is 2. The van der Waals surface area contributed by atoms with Gasteiger partial charge in [-0.1, -0.05) is 54.5 Å². The van der Waals surface area contributed by atoms with Gasteiger partial charge in [0.15, 0.2) is 17.3 Å². The Morgan fingerprint density at radius 3 is 2.37 bits per heavy atom. The zero-order valence-corrected chi connectivity index (χ0v) is 24.7. The fourth-order valence-electron chi connectivity index (χ4n) is 4.35. The Kier molecular flexibility index (Phi) is 10.9. The van der Waals surface area contributed by atoms with E-state index in [0.29, 0.717) is 35.7 Å². The molecular formula is C31H40N4O6. The summed E-state index contributed by atoms with van der Waals surface area (Å²) in [7, 11) is 3.02. The van der Waals surface area contributed by atoms with Crippen molar-refractivity contribution in [3.63, 3.8) is 0 Å². The molecule has 3 rings (SSSR count). The van der Waals surface area contributed by atoms with Crippen LogP contribution >= 0.6 is 0 Å². The van der Waals surface area contributed by atoms with Crippen molar-refractivity contribution >= 4 is 23.5 Å². The van der Waals surface area contributed by atoms with Crippen molar-refractivity contribution in [3.05, 3.63) is 71.5 Å². The second kappa shape index (κ2) is 14.3. The van der Waals surface area contributed by atoms with Crippen molar-refractivity contribution in [2.24, 2.45) is 0 Å². The third-order valence-corrected chi connectivity index (χ3v) is 6.90. The van der Waals surface area contributed by atoms with Crippen LogP contribution in [0, 0.1) is 6.92 Å². The molecule has 0 bridgehead atoms. The molecule has 0 fully saturated rings. The van der Waals surface area contributed by atoms with Gasteiger partial charge in [0.1, 0.15) is 11.8 Å². The molecule has 0 saturated carbocycles. The number of anilines is 1. The lowest BCUT2D eigenvalue weighted by Crippen LogP contribution is -2.50. The molecule has 1 atom stereocenters. The van der Waals surface area contributed by atoms with Gasteiger partial charge in [0.05, 0.1) is 14.2 Å². The van der Waals surface area contributed by atoms with Gasteiger partial charge >= 0.3 is 0 Å². The fraction of sp³-hybridized carbons (Fsp3) is 0.419. The zero-order chi connectivity index (χ0) is 30.0. The van der Waals surface area contributed by atoms with E-state index in [2.05, 4.69) is 15.8 Å². The topological polar surface area (TPSA) is 123 Å². The summed E-state index contributed by atoms with van der Waals surface area (Å²) in [6, 6.07) is 15.5. The van der Waals surface area contributed by atoms with Crippen LogP contribution in [0.1, 0.15) is 63.0 Å². The second-order valence-electron chi connectivity index (χ2n) is 10.4. The molecule has 0 spiro atoms. The summed E-state index contributed by atoms with van der Waals surface area (Å²) >= 11 is 0. The van der Waals surface area contributed by atoms with E-state index in [1.165, 1.54) is 19.1 Å². The highest BCUT2D eigenvalue weighted by Crippen LogP contribution is 2.38. The quantitative estimate of drug-likeness (QED) is 0.287. The van der Waals surface area contributed by atoms with Gasteiger partial charge in [-0.15, -0.1) is 0 Å². The van der Waals surface area contributed by atoms with Crippen LogP contribution in [-0.2, 0) is 20.8 Å². The number of amides is 3. The summed E-state index contributed by atoms with van der Waals surface area (Å²) in [6.07, 6.45) is 0.964. The van der Waals surface area contributed by atoms with Crippen molar-refractivity contribution in [1.29, 1.82) is 0 Å². The van der Waals surface area contributed by atoms with E-state index >= 15 is 0 Å². The number of nitrogens with one attached hydrogen (secondary N) is 2. The number of carbonyl (C=O) groups is 3. The molecule has 0 aliphatic carbocycles. The zero-order valence-electron chi connectivity index (χ0n) is 24.7. The molecule has 1 unspecified atom stereocenters. The van der Waals surface area contributed by atoms with Crippen molar-refractivity contribution in [3.8, 4) is 11.5 Å². The number of carbonyl (C=O) groups excluding carboxylic acids is 3. The van der Waals surface area contributed by atoms with Crippen LogP contribution in [0.25, 0.3) is 0 Å². The standard InChI is InChI=1S/C31H40N4O6/c1-7-31(3,4)33-30(38)28(23-14-11-15-24(39-5)29(23)40-6)35(19-18-22-12-9-8-10-13-22)27(37)17-16-26(36)32-25-20-21(2)41-34-25/h8-15,20,28H,7,16-19H2,1-6H3,(H,33,38)(H,32,34,36). The van der Waals surface area contributed by atoms with Gasteiger partial charge in [-0.25, -0.2) is 0 Å².